The van der Waals surface area contributed by atoms with Crippen LogP contribution in [0.15, 0.2) is 18.2 Å². The van der Waals surface area contributed by atoms with E-state index in [2.05, 4.69) is 15.9 Å². The van der Waals surface area contributed by atoms with Crippen molar-refractivity contribution in [3.8, 4) is 0 Å². The summed E-state index contributed by atoms with van der Waals surface area (Å²) in [6, 6.07) is 4.91. The van der Waals surface area contributed by atoms with Crippen molar-refractivity contribution in [2.24, 2.45) is 5.73 Å². The van der Waals surface area contributed by atoms with E-state index in [-0.39, 0.29) is 12.2 Å². The molecule has 0 heterocycles. The summed E-state index contributed by atoms with van der Waals surface area (Å²) in [6.45, 7) is 1.81. The summed E-state index contributed by atoms with van der Waals surface area (Å²) < 4.78 is 13.3. The summed E-state index contributed by atoms with van der Waals surface area (Å²) in [5.41, 5.74) is 6.41. The van der Waals surface area contributed by atoms with Gasteiger partial charge in [-0.05, 0) is 30.5 Å². The Kier molecular flexibility index (Phi) is 3.63. The number of aryl methyl sites for hydroxylation is 1. The second-order valence-corrected chi connectivity index (χ2v) is 4.27. The summed E-state index contributed by atoms with van der Waals surface area (Å²) in [5, 5.41) is 0. The maximum Gasteiger partial charge on any atom is 0.231 e. The highest BCUT2D eigenvalue weighted by Gasteiger charge is 2.13. The molecule has 0 fully saturated rings. The Morgan fingerprint density at radius 2 is 2.29 bits per heavy atom. The lowest BCUT2D eigenvalue weighted by Crippen LogP contribution is -2.25. The predicted octanol–water partition coefficient (Wildman–Crippen LogP) is 1.93. The molecule has 0 aliphatic heterocycles. The number of hydrogen-bond acceptors (Lipinski definition) is 1. The number of primary amides is 1. The molecule has 0 aromatic heterocycles. The molecule has 0 aliphatic carbocycles. The number of amides is 1. The molecule has 1 rings (SSSR count). The molecule has 2 N–H and O–H groups in total. The van der Waals surface area contributed by atoms with Crippen LogP contribution >= 0.6 is 15.9 Å². The van der Waals surface area contributed by atoms with Crippen LogP contribution in [-0.4, -0.2) is 10.7 Å². The van der Waals surface area contributed by atoms with E-state index >= 15 is 0 Å². The first-order valence-electron chi connectivity index (χ1n) is 4.19. The average molecular weight is 260 g/mol. The number of rotatable bonds is 3. The lowest BCUT2D eigenvalue weighted by Gasteiger charge is -2.07. The van der Waals surface area contributed by atoms with Crippen LogP contribution in [0, 0.1) is 12.7 Å². The summed E-state index contributed by atoms with van der Waals surface area (Å²) in [4.78, 5) is 10.2. The largest absolute Gasteiger partial charge is 0.369 e. The fourth-order valence-electron chi connectivity index (χ4n) is 1.11. The van der Waals surface area contributed by atoms with E-state index in [1.54, 1.807) is 12.1 Å². The van der Waals surface area contributed by atoms with E-state index in [1.165, 1.54) is 6.07 Å². The molecule has 0 saturated carbocycles. The average Bonchev–Trinajstić information content (AvgIpc) is 2.09. The molecule has 0 saturated heterocycles. The first-order valence-corrected chi connectivity index (χ1v) is 5.10. The van der Waals surface area contributed by atoms with Gasteiger partial charge < -0.3 is 5.73 Å². The van der Waals surface area contributed by atoms with Crippen LogP contribution < -0.4 is 5.73 Å². The predicted molar refractivity (Wildman–Crippen MR) is 56.8 cm³/mol. The lowest BCUT2D eigenvalue weighted by molar-refractivity contribution is -0.117. The van der Waals surface area contributed by atoms with Crippen molar-refractivity contribution < 1.29 is 9.18 Å². The quantitative estimate of drug-likeness (QED) is 0.829. The zero-order valence-electron chi connectivity index (χ0n) is 7.76. The van der Waals surface area contributed by atoms with E-state index in [0.717, 1.165) is 5.56 Å². The molecule has 1 aromatic carbocycles. The monoisotopic (exact) mass is 259 g/mol. The van der Waals surface area contributed by atoms with E-state index < -0.39 is 10.7 Å². The first kappa shape index (κ1) is 11.2. The van der Waals surface area contributed by atoms with Crippen molar-refractivity contribution in [2.45, 2.75) is 18.2 Å². The Balaban J connectivity index is 2.82. The smallest absolute Gasteiger partial charge is 0.231 e. The molecule has 14 heavy (non-hydrogen) atoms. The molecule has 76 valence electrons. The number of alkyl halides is 1. The van der Waals surface area contributed by atoms with Crippen molar-refractivity contribution in [1.29, 1.82) is 0 Å². The fraction of sp³-hybridized carbons (Fsp3) is 0.300. The van der Waals surface area contributed by atoms with E-state index in [0.29, 0.717) is 5.56 Å². The summed E-state index contributed by atoms with van der Waals surface area (Å²) in [7, 11) is 0. The van der Waals surface area contributed by atoms with Crippen LogP contribution in [0.3, 0.4) is 0 Å². The minimum Gasteiger partial charge on any atom is -0.369 e. The Bertz CT molecular complexity index is 354. The summed E-state index contributed by atoms with van der Waals surface area (Å²) in [6.07, 6.45) is 0.279. The van der Waals surface area contributed by atoms with Crippen LogP contribution in [0.25, 0.3) is 0 Å². The highest BCUT2D eigenvalue weighted by molar-refractivity contribution is 9.10. The summed E-state index contributed by atoms with van der Waals surface area (Å²) in [5.74, 6) is -0.777. The van der Waals surface area contributed by atoms with Gasteiger partial charge in [0.15, 0.2) is 0 Å². The maximum atomic E-state index is 13.3. The Labute approximate surface area is 90.4 Å². The normalized spacial score (nSPS) is 12.5. The van der Waals surface area contributed by atoms with Gasteiger partial charge in [-0.15, -0.1) is 0 Å². The zero-order chi connectivity index (χ0) is 10.7. The highest BCUT2D eigenvalue weighted by atomic mass is 79.9. The molecule has 1 unspecified atom stereocenters. The molecule has 2 nitrogen and oxygen atoms in total. The van der Waals surface area contributed by atoms with Crippen molar-refractivity contribution >= 4 is 21.8 Å². The van der Waals surface area contributed by atoms with Crippen LogP contribution in [0.1, 0.15) is 11.1 Å². The van der Waals surface area contributed by atoms with E-state index in [1.807, 2.05) is 6.92 Å². The van der Waals surface area contributed by atoms with Crippen molar-refractivity contribution in [1.82, 2.24) is 0 Å². The second-order valence-electron chi connectivity index (χ2n) is 3.17. The molecule has 0 radical (unpaired) electrons. The van der Waals surface area contributed by atoms with Gasteiger partial charge in [0.05, 0.1) is 4.83 Å². The first-order chi connectivity index (χ1) is 6.50. The Hall–Kier alpha value is -0.900. The van der Waals surface area contributed by atoms with Crippen LogP contribution in [0.4, 0.5) is 4.39 Å². The van der Waals surface area contributed by atoms with Crippen molar-refractivity contribution in [3.05, 3.63) is 35.1 Å². The number of nitrogens with two attached hydrogens (primary N) is 1. The Morgan fingerprint density at radius 1 is 1.64 bits per heavy atom. The Morgan fingerprint density at radius 3 is 2.79 bits per heavy atom. The molecule has 0 aliphatic rings. The zero-order valence-corrected chi connectivity index (χ0v) is 9.34. The van der Waals surface area contributed by atoms with Crippen LogP contribution in [0.5, 0.6) is 0 Å². The van der Waals surface area contributed by atoms with Gasteiger partial charge in [0.25, 0.3) is 0 Å². The van der Waals surface area contributed by atoms with Gasteiger partial charge in [-0.25, -0.2) is 4.39 Å². The van der Waals surface area contributed by atoms with E-state index in [9.17, 15) is 9.18 Å². The third-order valence-electron chi connectivity index (χ3n) is 1.92. The molecule has 1 atom stereocenters. The van der Waals surface area contributed by atoms with Gasteiger partial charge in [0.2, 0.25) is 5.91 Å². The minimum absolute atomic E-state index is 0.279. The topological polar surface area (TPSA) is 43.1 Å². The lowest BCUT2D eigenvalue weighted by atomic mass is 10.1. The molecule has 1 amide bonds. The molecule has 1 aromatic rings. The minimum atomic E-state index is -0.514. The standard InChI is InChI=1S/C10H11BrFNO/c1-6-2-3-7(9(12)4-6)5-8(11)10(13)14/h2-4,8H,5H2,1H3,(H2,13,14). The number of carbonyl (C=O) groups excluding carboxylic acids is 1. The van der Waals surface area contributed by atoms with Crippen LogP contribution in [0.2, 0.25) is 0 Å². The fourth-order valence-corrected chi connectivity index (χ4v) is 1.46. The third-order valence-corrected chi connectivity index (χ3v) is 2.69. The van der Waals surface area contributed by atoms with Gasteiger partial charge >= 0.3 is 0 Å². The molecule has 0 bridgehead atoms. The maximum absolute atomic E-state index is 13.3. The number of hydrogen-bond donors (Lipinski definition) is 1. The number of carbonyl (C=O) groups is 1. The van der Waals surface area contributed by atoms with Crippen molar-refractivity contribution in [2.75, 3.05) is 0 Å². The van der Waals surface area contributed by atoms with Gasteiger partial charge in [-0.3, -0.25) is 4.79 Å². The molecule has 4 heteroatoms. The highest BCUT2D eigenvalue weighted by Crippen LogP contribution is 2.15. The number of benzene rings is 1. The van der Waals surface area contributed by atoms with Crippen molar-refractivity contribution in [3.63, 3.8) is 0 Å². The molecule has 0 spiro atoms. The van der Waals surface area contributed by atoms with Gasteiger partial charge in [-0.2, -0.15) is 0 Å². The van der Waals surface area contributed by atoms with Gasteiger partial charge in [-0.1, -0.05) is 28.1 Å². The third kappa shape index (κ3) is 2.80. The number of halogens is 2. The summed E-state index contributed by atoms with van der Waals surface area (Å²) >= 11 is 3.09. The van der Waals surface area contributed by atoms with Gasteiger partial charge in [0.1, 0.15) is 5.82 Å². The van der Waals surface area contributed by atoms with Gasteiger partial charge in [0, 0.05) is 0 Å². The van der Waals surface area contributed by atoms with E-state index in [4.69, 9.17) is 5.73 Å². The molecular formula is C10H11BrFNO. The SMILES string of the molecule is Cc1ccc(CC(Br)C(N)=O)c(F)c1. The molecular weight excluding hydrogens is 249 g/mol. The van der Waals surface area contributed by atoms with Crippen LogP contribution in [-0.2, 0) is 11.2 Å². The second kappa shape index (κ2) is 4.55.